The van der Waals surface area contributed by atoms with Gasteiger partial charge in [0, 0.05) is 44.1 Å². The molecule has 0 unspecified atom stereocenters. The van der Waals surface area contributed by atoms with E-state index in [-0.39, 0.29) is 11.3 Å². The molecular formula is C16H30N2O3. The molecule has 21 heavy (non-hydrogen) atoms. The van der Waals surface area contributed by atoms with Crippen LogP contribution >= 0.6 is 0 Å². The Morgan fingerprint density at radius 1 is 1.38 bits per heavy atom. The summed E-state index contributed by atoms with van der Waals surface area (Å²) >= 11 is 0. The monoisotopic (exact) mass is 298 g/mol. The minimum absolute atomic E-state index is 0.173. The molecule has 5 heteroatoms. The van der Waals surface area contributed by atoms with E-state index in [1.165, 1.54) is 0 Å². The lowest BCUT2D eigenvalue weighted by Gasteiger charge is -2.55. The van der Waals surface area contributed by atoms with Crippen molar-refractivity contribution in [3.8, 4) is 0 Å². The number of carbonyl (C=O) groups is 1. The molecule has 0 aromatic carbocycles. The standard InChI is InChI=1S/C16H30N2O3/c1-5-21-14-12-13(16(14,2)3)17(4)7-6-15(19)18-8-10-20-11-9-18/h13-14H,5-12H2,1-4H3/t13-,14+/m0/s1. The van der Waals surface area contributed by atoms with Crippen LogP contribution in [-0.2, 0) is 14.3 Å². The predicted octanol–water partition coefficient (Wildman–Crippen LogP) is 1.37. The molecule has 0 N–H and O–H groups in total. The highest BCUT2D eigenvalue weighted by Gasteiger charge is 2.50. The number of hydrogen-bond donors (Lipinski definition) is 0. The van der Waals surface area contributed by atoms with E-state index in [2.05, 4.69) is 25.8 Å². The second-order valence-corrected chi connectivity index (χ2v) is 6.74. The maximum Gasteiger partial charge on any atom is 0.224 e. The fraction of sp³-hybridized carbons (Fsp3) is 0.938. The Morgan fingerprint density at radius 3 is 2.62 bits per heavy atom. The van der Waals surface area contributed by atoms with Gasteiger partial charge in [0.1, 0.15) is 0 Å². The van der Waals surface area contributed by atoms with Crippen LogP contribution in [0.25, 0.3) is 0 Å². The molecule has 0 bridgehead atoms. The lowest BCUT2D eigenvalue weighted by Crippen LogP contribution is -2.61. The molecule has 122 valence electrons. The van der Waals surface area contributed by atoms with Crippen molar-refractivity contribution < 1.29 is 14.3 Å². The van der Waals surface area contributed by atoms with Gasteiger partial charge in [-0.15, -0.1) is 0 Å². The van der Waals surface area contributed by atoms with Gasteiger partial charge in [-0.1, -0.05) is 13.8 Å². The molecule has 1 aliphatic carbocycles. The van der Waals surface area contributed by atoms with Crippen molar-refractivity contribution in [1.29, 1.82) is 0 Å². The van der Waals surface area contributed by atoms with Crippen LogP contribution in [0.15, 0.2) is 0 Å². The highest BCUT2D eigenvalue weighted by molar-refractivity contribution is 5.76. The van der Waals surface area contributed by atoms with Crippen molar-refractivity contribution in [2.24, 2.45) is 5.41 Å². The molecule has 5 nitrogen and oxygen atoms in total. The fourth-order valence-corrected chi connectivity index (χ4v) is 3.50. The number of hydrogen-bond acceptors (Lipinski definition) is 4. The van der Waals surface area contributed by atoms with E-state index in [4.69, 9.17) is 9.47 Å². The van der Waals surface area contributed by atoms with Crippen molar-refractivity contribution >= 4 is 5.91 Å². The normalized spacial score (nSPS) is 28.5. The molecule has 1 saturated carbocycles. The molecule has 0 aromatic rings. The number of nitrogens with zero attached hydrogens (tertiary/aromatic N) is 2. The van der Waals surface area contributed by atoms with E-state index >= 15 is 0 Å². The Balaban J connectivity index is 1.74. The Labute approximate surface area is 128 Å². The van der Waals surface area contributed by atoms with Gasteiger partial charge in [-0.25, -0.2) is 0 Å². The van der Waals surface area contributed by atoms with Crippen molar-refractivity contribution in [1.82, 2.24) is 9.80 Å². The van der Waals surface area contributed by atoms with Crippen molar-refractivity contribution in [3.05, 3.63) is 0 Å². The number of rotatable bonds is 6. The summed E-state index contributed by atoms with van der Waals surface area (Å²) in [5.74, 6) is 0.253. The van der Waals surface area contributed by atoms with Gasteiger partial charge in [0.15, 0.2) is 0 Å². The van der Waals surface area contributed by atoms with Crippen LogP contribution < -0.4 is 0 Å². The van der Waals surface area contributed by atoms with Crippen LogP contribution in [0.5, 0.6) is 0 Å². The molecule has 0 aromatic heterocycles. The van der Waals surface area contributed by atoms with Gasteiger partial charge in [-0.05, 0) is 20.4 Å². The molecule has 0 radical (unpaired) electrons. The first-order valence-corrected chi connectivity index (χ1v) is 8.14. The lowest BCUT2D eigenvalue weighted by molar-refractivity contribution is -0.148. The SMILES string of the molecule is CCO[C@@H]1C[C@H](N(C)CCC(=O)N2CCOCC2)C1(C)C. The van der Waals surface area contributed by atoms with Crippen LogP contribution in [0, 0.1) is 5.41 Å². The van der Waals surface area contributed by atoms with E-state index < -0.39 is 0 Å². The first kappa shape index (κ1) is 16.7. The summed E-state index contributed by atoms with van der Waals surface area (Å²) in [5, 5.41) is 0. The van der Waals surface area contributed by atoms with Crippen LogP contribution in [0.1, 0.15) is 33.6 Å². The predicted molar refractivity (Wildman–Crippen MR) is 82.2 cm³/mol. The van der Waals surface area contributed by atoms with Crippen molar-refractivity contribution in [3.63, 3.8) is 0 Å². The second kappa shape index (κ2) is 7.07. The first-order valence-electron chi connectivity index (χ1n) is 8.14. The van der Waals surface area contributed by atoms with E-state index in [1.54, 1.807) is 0 Å². The average Bonchev–Trinajstić information content (AvgIpc) is 2.49. The summed E-state index contributed by atoms with van der Waals surface area (Å²) in [5.41, 5.74) is 0.173. The van der Waals surface area contributed by atoms with Gasteiger partial charge >= 0.3 is 0 Å². The zero-order chi connectivity index (χ0) is 15.5. The third-order valence-corrected chi connectivity index (χ3v) is 5.07. The Bertz CT molecular complexity index is 353. The Kier molecular flexibility index (Phi) is 5.63. The van der Waals surface area contributed by atoms with E-state index in [9.17, 15) is 4.79 Å². The smallest absolute Gasteiger partial charge is 0.224 e. The van der Waals surface area contributed by atoms with Crippen LogP contribution in [0.2, 0.25) is 0 Å². The van der Waals surface area contributed by atoms with Gasteiger partial charge < -0.3 is 19.3 Å². The highest BCUT2D eigenvalue weighted by atomic mass is 16.5. The maximum absolute atomic E-state index is 12.2. The zero-order valence-electron chi connectivity index (χ0n) is 13.9. The Morgan fingerprint density at radius 2 is 2.05 bits per heavy atom. The number of amides is 1. The third kappa shape index (κ3) is 3.76. The van der Waals surface area contributed by atoms with Gasteiger partial charge in [-0.2, -0.15) is 0 Å². The van der Waals surface area contributed by atoms with E-state index in [1.807, 2.05) is 11.8 Å². The van der Waals surface area contributed by atoms with Gasteiger partial charge in [-0.3, -0.25) is 4.79 Å². The number of morpholine rings is 1. The molecule has 2 atom stereocenters. The fourth-order valence-electron chi connectivity index (χ4n) is 3.50. The molecular weight excluding hydrogens is 268 g/mol. The minimum atomic E-state index is 0.173. The topological polar surface area (TPSA) is 42.0 Å². The van der Waals surface area contributed by atoms with Gasteiger partial charge in [0.2, 0.25) is 5.91 Å². The summed E-state index contributed by atoms with van der Waals surface area (Å²) in [6, 6.07) is 0.506. The third-order valence-electron chi connectivity index (χ3n) is 5.07. The summed E-state index contributed by atoms with van der Waals surface area (Å²) in [7, 11) is 2.13. The molecule has 0 spiro atoms. The largest absolute Gasteiger partial charge is 0.378 e. The highest BCUT2D eigenvalue weighted by Crippen LogP contribution is 2.45. The lowest BCUT2D eigenvalue weighted by atomic mass is 9.64. The van der Waals surface area contributed by atoms with Crippen molar-refractivity contribution in [2.45, 2.75) is 45.8 Å². The summed E-state index contributed by atoms with van der Waals surface area (Å²) in [6.45, 7) is 11.0. The molecule has 2 aliphatic rings. The summed E-state index contributed by atoms with van der Waals surface area (Å²) < 4.78 is 11.1. The molecule has 1 amide bonds. The van der Waals surface area contributed by atoms with Crippen LogP contribution in [0.3, 0.4) is 0 Å². The van der Waals surface area contributed by atoms with Gasteiger partial charge in [0.05, 0.1) is 19.3 Å². The number of carbonyl (C=O) groups excluding carboxylic acids is 1. The average molecular weight is 298 g/mol. The number of ether oxygens (including phenoxy) is 2. The first-order chi connectivity index (χ1) is 9.96. The van der Waals surface area contributed by atoms with Crippen molar-refractivity contribution in [2.75, 3.05) is 46.5 Å². The summed E-state index contributed by atoms with van der Waals surface area (Å²) in [6.07, 6.45) is 2.02. The maximum atomic E-state index is 12.2. The quantitative estimate of drug-likeness (QED) is 0.743. The molecule has 1 saturated heterocycles. The van der Waals surface area contributed by atoms with E-state index in [0.29, 0.717) is 31.8 Å². The molecule has 2 fully saturated rings. The second-order valence-electron chi connectivity index (χ2n) is 6.74. The Hall–Kier alpha value is -0.650. The molecule has 1 heterocycles. The molecule has 2 rings (SSSR count). The van der Waals surface area contributed by atoms with E-state index in [0.717, 1.165) is 32.7 Å². The van der Waals surface area contributed by atoms with Crippen LogP contribution in [0.4, 0.5) is 0 Å². The minimum Gasteiger partial charge on any atom is -0.378 e. The zero-order valence-corrected chi connectivity index (χ0v) is 13.9. The van der Waals surface area contributed by atoms with Gasteiger partial charge in [0.25, 0.3) is 0 Å². The molecule has 1 aliphatic heterocycles. The summed E-state index contributed by atoms with van der Waals surface area (Å²) in [4.78, 5) is 16.4. The van der Waals surface area contributed by atoms with Crippen LogP contribution in [-0.4, -0.2) is 74.4 Å².